The highest BCUT2D eigenvalue weighted by Crippen LogP contribution is 2.26. The van der Waals surface area contributed by atoms with Gasteiger partial charge in [0.1, 0.15) is 5.54 Å². The Morgan fingerprint density at radius 2 is 1.81 bits per heavy atom. The summed E-state index contributed by atoms with van der Waals surface area (Å²) in [5, 5.41) is 17.2. The number of anilines is 1. The molecule has 3 rings (SSSR count). The van der Waals surface area contributed by atoms with Crippen molar-refractivity contribution in [3.05, 3.63) is 64.7 Å². The number of nitrogens with one attached hydrogen (secondary N) is 4. The fraction of sp³-hybridized carbons (Fsp3) is 0.348. The number of carbonyl (C=O) groups is 2. The van der Waals surface area contributed by atoms with Crippen molar-refractivity contribution in [1.82, 2.24) is 15.5 Å². The van der Waals surface area contributed by atoms with Crippen LogP contribution in [0.5, 0.6) is 0 Å². The largest absolute Gasteiger partial charge is 0.342 e. The topological polar surface area (TPSA) is 97.3 Å². The van der Waals surface area contributed by atoms with E-state index in [2.05, 4.69) is 29.8 Å². The lowest BCUT2D eigenvalue weighted by Crippen LogP contribution is -2.44. The number of halogens is 1. The van der Waals surface area contributed by atoms with Crippen molar-refractivity contribution >= 4 is 35.2 Å². The number of carbonyl (C=O) groups excluding carboxylic acids is 2. The minimum atomic E-state index is -0.732. The normalized spacial score (nSPS) is 18.3. The molecule has 0 aliphatic carbocycles. The van der Waals surface area contributed by atoms with Crippen LogP contribution in [0.25, 0.3) is 0 Å². The molecule has 1 heterocycles. The molecule has 164 valence electrons. The van der Waals surface area contributed by atoms with Crippen LogP contribution in [0.4, 0.5) is 10.5 Å². The molecule has 0 spiro atoms. The van der Waals surface area contributed by atoms with Crippen LogP contribution in [0.3, 0.4) is 0 Å². The lowest BCUT2D eigenvalue weighted by atomic mass is 9.91. The number of guanidine groups is 1. The van der Waals surface area contributed by atoms with Crippen LogP contribution < -0.4 is 16.0 Å². The molecule has 1 saturated heterocycles. The van der Waals surface area contributed by atoms with Crippen LogP contribution in [0, 0.1) is 11.3 Å². The summed E-state index contributed by atoms with van der Waals surface area (Å²) < 4.78 is 0. The highest BCUT2D eigenvalue weighted by Gasteiger charge is 2.45. The molecular formula is C23H28ClN5O2. The molecule has 2 aromatic rings. The fourth-order valence-corrected chi connectivity index (χ4v) is 3.93. The molecule has 1 fully saturated rings. The van der Waals surface area contributed by atoms with E-state index >= 15 is 0 Å². The standard InChI is InChI=1S/C23H28ClN5O2/c1-15(2)12-23(3)20(30)29(21(25)28-23)14-17-10-8-16(9-11-17)13-26-22(31)27-19-7-5-4-6-18(19)24/h4-11,15H,12-14H2,1-3H3,(H2,25,28)(H2,26,27,31). The first-order valence-corrected chi connectivity index (χ1v) is 10.6. The van der Waals surface area contributed by atoms with E-state index in [0.29, 0.717) is 36.1 Å². The van der Waals surface area contributed by atoms with Gasteiger partial charge in [-0.05, 0) is 42.5 Å². The third-order valence-electron chi connectivity index (χ3n) is 5.14. The molecule has 1 aliphatic heterocycles. The van der Waals surface area contributed by atoms with Gasteiger partial charge in [0, 0.05) is 6.54 Å². The fourth-order valence-electron chi connectivity index (χ4n) is 3.74. The predicted octanol–water partition coefficient (Wildman–Crippen LogP) is 4.33. The summed E-state index contributed by atoms with van der Waals surface area (Å²) in [6, 6.07) is 14.3. The second kappa shape index (κ2) is 9.39. The smallest absolute Gasteiger partial charge is 0.319 e. The van der Waals surface area contributed by atoms with E-state index in [4.69, 9.17) is 17.0 Å². The molecule has 0 radical (unpaired) electrons. The molecule has 2 aromatic carbocycles. The van der Waals surface area contributed by atoms with Gasteiger partial charge in [0.05, 0.1) is 17.3 Å². The summed E-state index contributed by atoms with van der Waals surface area (Å²) in [5.74, 6) is 0.402. The zero-order valence-corrected chi connectivity index (χ0v) is 18.7. The number of nitrogens with zero attached hydrogens (tertiary/aromatic N) is 1. The second-order valence-electron chi connectivity index (χ2n) is 8.40. The van der Waals surface area contributed by atoms with E-state index in [9.17, 15) is 9.59 Å². The van der Waals surface area contributed by atoms with Crippen LogP contribution in [0.15, 0.2) is 48.5 Å². The van der Waals surface area contributed by atoms with Crippen LogP contribution in [0.2, 0.25) is 5.02 Å². The molecule has 1 atom stereocenters. The van der Waals surface area contributed by atoms with E-state index in [1.165, 1.54) is 4.90 Å². The monoisotopic (exact) mass is 441 g/mol. The quantitative estimate of drug-likeness (QED) is 0.514. The first-order valence-electron chi connectivity index (χ1n) is 10.2. The van der Waals surface area contributed by atoms with Crippen molar-refractivity contribution in [1.29, 1.82) is 5.41 Å². The van der Waals surface area contributed by atoms with E-state index in [0.717, 1.165) is 11.1 Å². The van der Waals surface area contributed by atoms with Gasteiger partial charge in [-0.15, -0.1) is 0 Å². The average Bonchev–Trinajstić information content (AvgIpc) is 2.91. The summed E-state index contributed by atoms with van der Waals surface area (Å²) in [5.41, 5.74) is 1.65. The minimum Gasteiger partial charge on any atom is -0.342 e. The summed E-state index contributed by atoms with van der Waals surface area (Å²) in [4.78, 5) is 26.4. The predicted molar refractivity (Wildman–Crippen MR) is 123 cm³/mol. The Kier molecular flexibility index (Phi) is 6.85. The molecule has 7 nitrogen and oxygen atoms in total. The van der Waals surface area contributed by atoms with Gasteiger partial charge in [-0.2, -0.15) is 0 Å². The van der Waals surface area contributed by atoms with Gasteiger partial charge >= 0.3 is 6.03 Å². The van der Waals surface area contributed by atoms with E-state index in [1.54, 1.807) is 24.3 Å². The molecule has 1 aliphatic rings. The van der Waals surface area contributed by atoms with E-state index in [-0.39, 0.29) is 17.9 Å². The molecule has 0 aromatic heterocycles. The van der Waals surface area contributed by atoms with E-state index < -0.39 is 5.54 Å². The summed E-state index contributed by atoms with van der Waals surface area (Å²) in [7, 11) is 0. The van der Waals surface area contributed by atoms with Gasteiger partial charge < -0.3 is 16.0 Å². The maximum absolute atomic E-state index is 12.9. The third-order valence-corrected chi connectivity index (χ3v) is 5.47. The van der Waals surface area contributed by atoms with Crippen LogP contribution >= 0.6 is 11.6 Å². The Morgan fingerprint density at radius 3 is 2.45 bits per heavy atom. The van der Waals surface area contributed by atoms with Gasteiger partial charge in [-0.3, -0.25) is 15.1 Å². The number of para-hydroxylation sites is 1. The maximum Gasteiger partial charge on any atom is 0.319 e. The number of urea groups is 1. The summed E-state index contributed by atoms with van der Waals surface area (Å²) in [6.07, 6.45) is 0.672. The highest BCUT2D eigenvalue weighted by atomic mass is 35.5. The van der Waals surface area contributed by atoms with Crippen LogP contribution in [-0.4, -0.2) is 28.3 Å². The van der Waals surface area contributed by atoms with Crippen molar-refractivity contribution < 1.29 is 9.59 Å². The Bertz CT molecular complexity index is 976. The Morgan fingerprint density at radius 1 is 1.16 bits per heavy atom. The Labute approximate surface area is 187 Å². The van der Waals surface area contributed by atoms with Crippen molar-refractivity contribution in [2.24, 2.45) is 5.92 Å². The summed E-state index contributed by atoms with van der Waals surface area (Å²) in [6.45, 7) is 6.66. The lowest BCUT2D eigenvalue weighted by molar-refractivity contribution is -0.131. The van der Waals surface area contributed by atoms with Crippen molar-refractivity contribution in [3.63, 3.8) is 0 Å². The number of rotatable bonds is 7. The van der Waals surface area contributed by atoms with Gasteiger partial charge in [-0.1, -0.05) is 61.8 Å². The molecule has 31 heavy (non-hydrogen) atoms. The van der Waals surface area contributed by atoms with Crippen LogP contribution in [0.1, 0.15) is 38.3 Å². The highest BCUT2D eigenvalue weighted by molar-refractivity contribution is 6.33. The molecule has 8 heteroatoms. The molecular weight excluding hydrogens is 414 g/mol. The minimum absolute atomic E-state index is 0.0758. The van der Waals surface area contributed by atoms with Gasteiger partial charge in [0.15, 0.2) is 5.96 Å². The zero-order chi connectivity index (χ0) is 22.6. The van der Waals surface area contributed by atoms with Gasteiger partial charge in [0.25, 0.3) is 5.91 Å². The molecule has 0 saturated carbocycles. The van der Waals surface area contributed by atoms with E-state index in [1.807, 2.05) is 31.2 Å². The van der Waals surface area contributed by atoms with Crippen molar-refractivity contribution in [2.75, 3.05) is 5.32 Å². The van der Waals surface area contributed by atoms with Crippen molar-refractivity contribution in [3.8, 4) is 0 Å². The average molecular weight is 442 g/mol. The number of benzene rings is 2. The summed E-state index contributed by atoms with van der Waals surface area (Å²) >= 11 is 6.05. The zero-order valence-electron chi connectivity index (χ0n) is 18.0. The number of hydrogen-bond donors (Lipinski definition) is 4. The molecule has 0 bridgehead atoms. The second-order valence-corrected chi connectivity index (χ2v) is 8.81. The maximum atomic E-state index is 12.9. The van der Waals surface area contributed by atoms with Gasteiger partial charge in [0.2, 0.25) is 0 Å². The first kappa shape index (κ1) is 22.6. The molecule has 1 unspecified atom stereocenters. The Balaban J connectivity index is 1.54. The SMILES string of the molecule is CC(C)CC1(C)NC(=N)N(Cc2ccc(CNC(=O)Nc3ccccc3Cl)cc2)C1=O. The number of amides is 3. The molecule has 3 amide bonds. The van der Waals surface area contributed by atoms with Gasteiger partial charge in [-0.25, -0.2) is 4.79 Å². The third kappa shape index (κ3) is 5.55. The molecule has 4 N–H and O–H groups in total. The lowest BCUT2D eigenvalue weighted by Gasteiger charge is -2.24. The van der Waals surface area contributed by atoms with Crippen LogP contribution in [-0.2, 0) is 17.9 Å². The first-order chi connectivity index (χ1) is 14.7. The number of hydrogen-bond acceptors (Lipinski definition) is 3. The Hall–Kier alpha value is -3.06. The van der Waals surface area contributed by atoms with Crippen molar-refractivity contribution in [2.45, 2.75) is 45.8 Å².